The van der Waals surface area contributed by atoms with Gasteiger partial charge in [0.2, 0.25) is 0 Å². The first-order valence-corrected chi connectivity index (χ1v) is 5.77. The number of hydrogen-bond donors (Lipinski definition) is 0. The van der Waals surface area contributed by atoms with Gasteiger partial charge in [-0.25, -0.2) is 9.97 Å². The van der Waals surface area contributed by atoms with Gasteiger partial charge >= 0.3 is 0 Å². The zero-order valence-electron chi connectivity index (χ0n) is 9.09. The molecule has 0 radical (unpaired) electrons. The molecule has 1 unspecified atom stereocenters. The fraction of sp³-hybridized carbons (Fsp3) is 0.636. The summed E-state index contributed by atoms with van der Waals surface area (Å²) in [6, 6.07) is 0. The number of rotatable bonds is 3. The molecule has 0 N–H and O–H groups in total. The van der Waals surface area contributed by atoms with Crippen molar-refractivity contribution in [3.05, 3.63) is 22.2 Å². The highest BCUT2D eigenvalue weighted by atomic mass is 35.5. The number of fused-ring (bicyclic) bond motifs is 1. The largest absolute Gasteiger partial charge is 0.371 e. The normalized spacial score (nSPS) is 16.5. The summed E-state index contributed by atoms with van der Waals surface area (Å²) in [5, 5.41) is 0.610. The molecule has 15 heavy (non-hydrogen) atoms. The van der Waals surface area contributed by atoms with Crippen molar-refractivity contribution in [2.24, 2.45) is 0 Å². The molecule has 1 atom stereocenters. The molecule has 1 aliphatic rings. The van der Waals surface area contributed by atoms with Gasteiger partial charge in [-0.15, -0.1) is 0 Å². The lowest BCUT2D eigenvalue weighted by atomic mass is 10.2. The van der Waals surface area contributed by atoms with E-state index in [0.29, 0.717) is 17.6 Å². The summed E-state index contributed by atoms with van der Waals surface area (Å²) in [6.07, 6.45) is 3.09. The molecule has 82 valence electrons. The highest BCUT2D eigenvalue weighted by molar-refractivity contribution is 6.30. The SMILES string of the molecule is CCOC(C)c1nc(Cl)c2c(n1)CCC2. The highest BCUT2D eigenvalue weighted by Gasteiger charge is 2.20. The minimum absolute atomic E-state index is 0.0709. The Morgan fingerprint density at radius 1 is 1.40 bits per heavy atom. The first-order chi connectivity index (χ1) is 7.22. The average molecular weight is 227 g/mol. The standard InChI is InChI=1S/C11H15ClN2O/c1-3-15-7(2)11-13-9-6-4-5-8(9)10(12)14-11/h7H,3-6H2,1-2H3. The molecule has 0 saturated carbocycles. The van der Waals surface area contributed by atoms with Crippen molar-refractivity contribution in [2.45, 2.75) is 39.2 Å². The molecule has 0 spiro atoms. The van der Waals surface area contributed by atoms with E-state index in [2.05, 4.69) is 9.97 Å². The molecule has 0 aliphatic heterocycles. The zero-order chi connectivity index (χ0) is 10.8. The fourth-order valence-corrected chi connectivity index (χ4v) is 2.20. The minimum atomic E-state index is -0.0709. The van der Waals surface area contributed by atoms with Crippen LogP contribution in [0, 0.1) is 0 Å². The van der Waals surface area contributed by atoms with Crippen LogP contribution in [-0.4, -0.2) is 16.6 Å². The Labute approximate surface area is 94.8 Å². The highest BCUT2D eigenvalue weighted by Crippen LogP contribution is 2.27. The van der Waals surface area contributed by atoms with E-state index in [4.69, 9.17) is 16.3 Å². The summed E-state index contributed by atoms with van der Waals surface area (Å²) < 4.78 is 5.46. The van der Waals surface area contributed by atoms with Crippen molar-refractivity contribution < 1.29 is 4.74 Å². The monoisotopic (exact) mass is 226 g/mol. The van der Waals surface area contributed by atoms with E-state index in [0.717, 1.165) is 30.5 Å². The van der Waals surface area contributed by atoms with Gasteiger partial charge in [0.05, 0.1) is 0 Å². The number of hydrogen-bond acceptors (Lipinski definition) is 3. The van der Waals surface area contributed by atoms with Crippen molar-refractivity contribution >= 4 is 11.6 Å². The molecule has 0 amide bonds. The van der Waals surface area contributed by atoms with E-state index in [1.54, 1.807) is 0 Å². The number of nitrogens with zero attached hydrogens (tertiary/aromatic N) is 2. The van der Waals surface area contributed by atoms with E-state index in [-0.39, 0.29) is 6.10 Å². The van der Waals surface area contributed by atoms with Gasteiger partial charge < -0.3 is 4.74 Å². The first kappa shape index (κ1) is 10.8. The second-order valence-electron chi connectivity index (χ2n) is 3.75. The lowest BCUT2D eigenvalue weighted by molar-refractivity contribution is 0.0699. The summed E-state index contributed by atoms with van der Waals surface area (Å²) in [5.74, 6) is 0.711. The maximum Gasteiger partial charge on any atom is 0.158 e. The molecule has 1 aromatic rings. The molecule has 0 saturated heterocycles. The predicted octanol–water partition coefficient (Wildman–Crippen LogP) is 2.72. The maximum absolute atomic E-state index is 6.11. The lowest BCUT2D eigenvalue weighted by Gasteiger charge is -2.12. The Bertz CT molecular complexity index is 368. The van der Waals surface area contributed by atoms with Crippen molar-refractivity contribution in [1.82, 2.24) is 9.97 Å². The van der Waals surface area contributed by atoms with Gasteiger partial charge in [-0.3, -0.25) is 0 Å². The first-order valence-electron chi connectivity index (χ1n) is 5.39. The van der Waals surface area contributed by atoms with Gasteiger partial charge in [-0.2, -0.15) is 0 Å². The molecule has 3 nitrogen and oxygen atoms in total. The summed E-state index contributed by atoms with van der Waals surface area (Å²) in [6.45, 7) is 4.58. The third-order valence-electron chi connectivity index (χ3n) is 2.68. The van der Waals surface area contributed by atoms with Crippen LogP contribution in [0.15, 0.2) is 0 Å². The number of ether oxygens (including phenoxy) is 1. The second kappa shape index (κ2) is 4.45. The van der Waals surface area contributed by atoms with Gasteiger partial charge in [0.15, 0.2) is 5.82 Å². The third kappa shape index (κ3) is 2.13. The molecular weight excluding hydrogens is 212 g/mol. The molecular formula is C11H15ClN2O. The zero-order valence-corrected chi connectivity index (χ0v) is 9.84. The van der Waals surface area contributed by atoms with E-state index >= 15 is 0 Å². The van der Waals surface area contributed by atoms with E-state index in [1.165, 1.54) is 0 Å². The second-order valence-corrected chi connectivity index (χ2v) is 4.11. The fourth-order valence-electron chi connectivity index (χ4n) is 1.91. The molecule has 1 aliphatic carbocycles. The van der Waals surface area contributed by atoms with Crippen LogP contribution in [0.1, 0.15) is 43.5 Å². The number of aromatic nitrogens is 2. The van der Waals surface area contributed by atoms with Crippen LogP contribution >= 0.6 is 11.6 Å². The van der Waals surface area contributed by atoms with Gasteiger partial charge in [0.25, 0.3) is 0 Å². The van der Waals surface area contributed by atoms with E-state index < -0.39 is 0 Å². The quantitative estimate of drug-likeness (QED) is 0.744. The Morgan fingerprint density at radius 3 is 2.93 bits per heavy atom. The van der Waals surface area contributed by atoms with Gasteiger partial charge in [-0.1, -0.05) is 11.6 Å². The van der Waals surface area contributed by atoms with Crippen LogP contribution in [0.5, 0.6) is 0 Å². The molecule has 4 heteroatoms. The van der Waals surface area contributed by atoms with E-state index in [1.807, 2.05) is 13.8 Å². The summed E-state index contributed by atoms with van der Waals surface area (Å²) in [7, 11) is 0. The number of halogens is 1. The Morgan fingerprint density at radius 2 is 2.20 bits per heavy atom. The number of aryl methyl sites for hydroxylation is 1. The topological polar surface area (TPSA) is 35.0 Å². The summed E-state index contributed by atoms with van der Waals surface area (Å²) in [4.78, 5) is 8.80. The molecule has 0 aromatic carbocycles. The van der Waals surface area contributed by atoms with Crippen molar-refractivity contribution in [3.8, 4) is 0 Å². The summed E-state index contributed by atoms with van der Waals surface area (Å²) in [5.41, 5.74) is 2.24. The minimum Gasteiger partial charge on any atom is -0.371 e. The molecule has 0 bridgehead atoms. The van der Waals surface area contributed by atoms with Crippen molar-refractivity contribution in [2.75, 3.05) is 6.61 Å². The molecule has 2 rings (SSSR count). The van der Waals surface area contributed by atoms with Crippen LogP contribution < -0.4 is 0 Å². The summed E-state index contributed by atoms with van der Waals surface area (Å²) >= 11 is 6.11. The van der Waals surface area contributed by atoms with Gasteiger partial charge in [0.1, 0.15) is 11.3 Å². The van der Waals surface area contributed by atoms with Crippen LogP contribution in [0.2, 0.25) is 5.15 Å². The maximum atomic E-state index is 6.11. The van der Waals surface area contributed by atoms with Gasteiger partial charge in [0, 0.05) is 17.9 Å². The molecule has 1 heterocycles. The Balaban J connectivity index is 2.30. The van der Waals surface area contributed by atoms with Crippen molar-refractivity contribution in [1.29, 1.82) is 0 Å². The Kier molecular flexibility index (Phi) is 3.22. The predicted molar refractivity (Wildman–Crippen MR) is 59.1 cm³/mol. The Hall–Kier alpha value is -0.670. The third-order valence-corrected chi connectivity index (χ3v) is 2.99. The van der Waals surface area contributed by atoms with Gasteiger partial charge in [-0.05, 0) is 33.1 Å². The van der Waals surface area contributed by atoms with E-state index in [9.17, 15) is 0 Å². The molecule has 0 fully saturated rings. The molecule has 1 aromatic heterocycles. The lowest BCUT2D eigenvalue weighted by Crippen LogP contribution is -2.08. The van der Waals surface area contributed by atoms with Crippen LogP contribution in [-0.2, 0) is 17.6 Å². The average Bonchev–Trinajstić information content (AvgIpc) is 2.66. The van der Waals surface area contributed by atoms with Crippen LogP contribution in [0.3, 0.4) is 0 Å². The smallest absolute Gasteiger partial charge is 0.158 e. The van der Waals surface area contributed by atoms with Crippen LogP contribution in [0.4, 0.5) is 0 Å². The van der Waals surface area contributed by atoms with Crippen molar-refractivity contribution in [3.63, 3.8) is 0 Å². The van der Waals surface area contributed by atoms with Crippen LogP contribution in [0.25, 0.3) is 0 Å².